The summed E-state index contributed by atoms with van der Waals surface area (Å²) in [5, 5.41) is 43.1. The number of benzene rings is 2. The predicted molar refractivity (Wildman–Crippen MR) is 345 cm³/mol. The van der Waals surface area contributed by atoms with E-state index < -0.39 is 163 Å². The number of fused-ring (bicyclic) bond motifs is 1. The first kappa shape index (κ1) is 72.6. The first-order valence-corrected chi connectivity index (χ1v) is 31.7. The summed E-state index contributed by atoms with van der Waals surface area (Å²) in [7, 11) is 0. The molecule has 18 N–H and O–H groups in total. The summed E-state index contributed by atoms with van der Waals surface area (Å²) in [4.78, 5) is 196. The molecule has 33 nitrogen and oxygen atoms in total. The Kier molecular flexibility index (Phi) is 26.6. The van der Waals surface area contributed by atoms with Gasteiger partial charge in [-0.1, -0.05) is 48.5 Å². The highest BCUT2D eigenvalue weighted by Crippen LogP contribution is 2.23. The van der Waals surface area contributed by atoms with Gasteiger partial charge in [0.05, 0.1) is 38.3 Å². The van der Waals surface area contributed by atoms with Gasteiger partial charge < -0.3 is 94.3 Å². The Morgan fingerprint density at radius 2 is 1.12 bits per heavy atom. The van der Waals surface area contributed by atoms with E-state index in [9.17, 15) is 72.5 Å². The SMILES string of the molecule is CC(NC(=O)C(CS)NC(=O)C1CCCN1C(=O)C(CC(N)=O)NC(=O)C(Cc1ccccc1)NC(=O)C(Cc1c[nH]c2ccccc12)NC(=O)C(CO)NC(=O)CNC(=O)C(CS)NC(=O)C1CCCN1C(=O)C(N)Cc1cnc[nH]1)C(=O)NC(Cc1cnc[nH]1)C(=O)O. The number of aliphatic carboxylic acids is 1. The number of hydrogen-bond acceptors (Lipinski definition) is 19. The lowest BCUT2D eigenvalue weighted by Gasteiger charge is -2.30. The third-order valence-corrected chi connectivity index (χ3v) is 16.6. The molecule has 5 aromatic rings. The summed E-state index contributed by atoms with van der Waals surface area (Å²) >= 11 is 8.43. The van der Waals surface area contributed by atoms with Crippen LogP contribution in [0.2, 0.25) is 0 Å². The van der Waals surface area contributed by atoms with Crippen LogP contribution in [0.25, 0.3) is 10.9 Å². The number of aliphatic hydroxyl groups excluding tert-OH is 1. The zero-order chi connectivity index (χ0) is 68.9. The zero-order valence-electron chi connectivity index (χ0n) is 51.6. The number of amides is 12. The van der Waals surface area contributed by atoms with Gasteiger partial charge >= 0.3 is 5.97 Å². The summed E-state index contributed by atoms with van der Waals surface area (Å²) < 4.78 is 0. The minimum atomic E-state index is -1.74. The molecule has 11 atom stereocenters. The summed E-state index contributed by atoms with van der Waals surface area (Å²) in [6.45, 7) is -0.307. The number of imidazole rings is 2. The molecule has 0 aliphatic carbocycles. The average Bonchev–Trinajstić information content (AvgIpc) is 1.77. The standard InChI is InChI=1S/C60H78N18O15S2/c1-31(50(82)74-42(60(92)93)20-35-24-64-30-68-35)69-55(87)45(28-95)76-57(89)47-14-8-16-78(47)59(91)41(21-48(62)80)73-52(84)39(17-32-9-3-2-4-10-32)71-53(85)40(18-33-22-65-38-12-6-5-11-36(33)38)72-54(86)43(26-79)70-49(81)25-66-51(83)44(27-94)75-56(88)46-13-7-15-77(46)58(90)37(61)19-34-23-63-29-67-34/h2-6,9-12,22-24,29-31,37,39-47,65,79,94-95H,7-8,13-21,25-28,61H2,1H3,(H2,62,80)(H,63,67)(H,64,68)(H,66,83)(H,69,87)(H,70,81)(H,71,85)(H,72,86)(H,73,84)(H,74,82)(H,75,88)(H,76,89)(H,92,93). The Morgan fingerprint density at radius 3 is 1.68 bits per heavy atom. The van der Waals surface area contributed by atoms with Crippen LogP contribution in [0.5, 0.6) is 0 Å². The van der Waals surface area contributed by atoms with Crippen molar-refractivity contribution < 1.29 is 72.5 Å². The number of primary amides is 1. The minimum absolute atomic E-state index is 0.0595. The third kappa shape index (κ3) is 20.3. The Bertz CT molecular complexity index is 3540. The maximum absolute atomic E-state index is 14.8. The molecule has 0 saturated carbocycles. The molecule has 12 amide bonds. The molecule has 510 valence electrons. The highest BCUT2D eigenvalue weighted by molar-refractivity contribution is 7.80. The van der Waals surface area contributed by atoms with Crippen molar-refractivity contribution in [2.45, 2.75) is 131 Å². The Hall–Kier alpha value is -9.87. The number of rotatable bonds is 34. The number of carboxylic acids is 1. The summed E-state index contributed by atoms with van der Waals surface area (Å²) in [6.07, 6.45) is 7.10. The maximum Gasteiger partial charge on any atom is 0.326 e. The van der Waals surface area contributed by atoms with Crippen molar-refractivity contribution in [2.75, 3.05) is 37.7 Å². The normalized spacial score (nSPS) is 17.2. The van der Waals surface area contributed by atoms with Gasteiger partial charge in [-0.15, -0.1) is 0 Å². The van der Waals surface area contributed by atoms with E-state index in [1.54, 1.807) is 60.8 Å². The number of carbonyl (C=O) groups excluding carboxylic acids is 12. The van der Waals surface area contributed by atoms with Crippen LogP contribution in [-0.2, 0) is 88.0 Å². The Labute approximate surface area is 554 Å². The van der Waals surface area contributed by atoms with Crippen LogP contribution in [0.15, 0.2) is 85.8 Å². The lowest BCUT2D eigenvalue weighted by Crippen LogP contribution is -2.61. The largest absolute Gasteiger partial charge is 0.480 e. The number of hydrogen-bond donors (Lipinski definition) is 18. The van der Waals surface area contributed by atoms with Gasteiger partial charge in [0.2, 0.25) is 70.9 Å². The second-order valence-corrected chi connectivity index (χ2v) is 23.5. The fraction of sp³-hybridized carbons (Fsp3) is 0.450. The molecular formula is C60H78N18O15S2. The van der Waals surface area contributed by atoms with Crippen LogP contribution >= 0.6 is 25.3 Å². The molecule has 2 aromatic carbocycles. The highest BCUT2D eigenvalue weighted by Gasteiger charge is 2.42. The number of aromatic amines is 3. The number of likely N-dealkylation sites (tertiary alicyclic amines) is 2. The van der Waals surface area contributed by atoms with Gasteiger partial charge in [0.15, 0.2) is 0 Å². The van der Waals surface area contributed by atoms with Gasteiger partial charge in [0.25, 0.3) is 0 Å². The number of carbonyl (C=O) groups is 13. The smallest absolute Gasteiger partial charge is 0.326 e. The molecular weight excluding hydrogens is 1280 g/mol. The quantitative estimate of drug-likeness (QED) is 0.0172. The van der Waals surface area contributed by atoms with E-state index in [0.29, 0.717) is 39.8 Å². The van der Waals surface area contributed by atoms with Gasteiger partial charge in [0, 0.05) is 91.2 Å². The Morgan fingerprint density at radius 1 is 0.589 bits per heavy atom. The zero-order valence-corrected chi connectivity index (χ0v) is 53.4. The maximum atomic E-state index is 14.8. The molecule has 35 heteroatoms. The van der Waals surface area contributed by atoms with Gasteiger partial charge in [-0.25, -0.2) is 14.8 Å². The summed E-state index contributed by atoms with van der Waals surface area (Å²) in [5.41, 5.74) is 14.5. The van der Waals surface area contributed by atoms with Crippen molar-refractivity contribution in [2.24, 2.45) is 11.5 Å². The fourth-order valence-electron chi connectivity index (χ4n) is 10.9. The third-order valence-electron chi connectivity index (χ3n) is 15.9. The van der Waals surface area contributed by atoms with Crippen molar-refractivity contribution in [3.8, 4) is 0 Å². The van der Waals surface area contributed by atoms with Crippen LogP contribution < -0.4 is 59.3 Å². The number of aromatic nitrogens is 5. The van der Waals surface area contributed by atoms with E-state index in [1.165, 1.54) is 36.9 Å². The minimum Gasteiger partial charge on any atom is -0.480 e. The number of para-hydroxylation sites is 1. The lowest BCUT2D eigenvalue weighted by atomic mass is 10.0. The summed E-state index contributed by atoms with van der Waals surface area (Å²) in [5.74, 6) is -12.5. The molecule has 95 heavy (non-hydrogen) atoms. The molecule has 2 fully saturated rings. The van der Waals surface area contributed by atoms with Gasteiger partial charge in [0.1, 0.15) is 60.4 Å². The number of nitrogens with zero attached hydrogens (tertiary/aromatic N) is 4. The molecule has 2 aliphatic heterocycles. The van der Waals surface area contributed by atoms with Crippen molar-refractivity contribution in [3.05, 3.63) is 108 Å². The van der Waals surface area contributed by atoms with Crippen LogP contribution in [0.3, 0.4) is 0 Å². The number of aliphatic hydroxyl groups is 1. The van der Waals surface area contributed by atoms with E-state index >= 15 is 0 Å². The van der Waals surface area contributed by atoms with Crippen LogP contribution in [0.1, 0.15) is 61.5 Å². The van der Waals surface area contributed by atoms with Crippen molar-refractivity contribution in [3.63, 3.8) is 0 Å². The van der Waals surface area contributed by atoms with Crippen LogP contribution in [-0.4, -0.2) is 226 Å². The van der Waals surface area contributed by atoms with Crippen molar-refractivity contribution in [1.29, 1.82) is 0 Å². The number of carboxylic acid groups (broad SMARTS) is 1. The van der Waals surface area contributed by atoms with E-state index in [0.717, 1.165) is 4.90 Å². The topological polar surface area (TPSA) is 502 Å². The molecule has 11 unspecified atom stereocenters. The average molecular weight is 1360 g/mol. The van der Waals surface area contributed by atoms with E-state index in [-0.39, 0.29) is 69.5 Å². The molecule has 7 rings (SSSR count). The number of thiol groups is 2. The second-order valence-electron chi connectivity index (χ2n) is 22.8. The summed E-state index contributed by atoms with van der Waals surface area (Å²) in [6, 6.07) is 0.135. The van der Waals surface area contributed by atoms with Gasteiger partial charge in [-0.05, 0) is 49.8 Å². The molecule has 3 aromatic heterocycles. The second kappa shape index (κ2) is 34.9. The number of nitrogens with two attached hydrogens (primary N) is 2. The predicted octanol–water partition coefficient (Wildman–Crippen LogP) is -4.98. The number of nitrogens with one attached hydrogen (secondary N) is 12. The molecule has 0 radical (unpaired) electrons. The molecule has 2 saturated heterocycles. The molecule has 5 heterocycles. The monoisotopic (exact) mass is 1350 g/mol. The molecule has 0 spiro atoms. The van der Waals surface area contributed by atoms with Crippen molar-refractivity contribution in [1.82, 2.24) is 82.6 Å². The van der Waals surface area contributed by atoms with Gasteiger partial charge in [-0.3, -0.25) is 57.5 Å². The molecule has 2 aliphatic rings. The van der Waals surface area contributed by atoms with Crippen LogP contribution in [0.4, 0.5) is 0 Å². The van der Waals surface area contributed by atoms with Crippen LogP contribution in [0, 0.1) is 0 Å². The number of H-pyrrole nitrogens is 3. The van der Waals surface area contributed by atoms with E-state index in [2.05, 4.69) is 98.0 Å². The van der Waals surface area contributed by atoms with Crippen molar-refractivity contribution >= 4 is 113 Å². The first-order chi connectivity index (χ1) is 45.5. The Balaban J connectivity index is 1.00. The molecule has 0 bridgehead atoms. The van der Waals surface area contributed by atoms with E-state index in [1.807, 2.05) is 0 Å². The first-order valence-electron chi connectivity index (χ1n) is 30.4. The van der Waals surface area contributed by atoms with Gasteiger partial charge in [-0.2, -0.15) is 25.3 Å². The fourth-order valence-corrected chi connectivity index (χ4v) is 11.4. The lowest BCUT2D eigenvalue weighted by molar-refractivity contribution is -0.143. The highest BCUT2D eigenvalue weighted by atomic mass is 32.1. The van der Waals surface area contributed by atoms with E-state index in [4.69, 9.17) is 11.5 Å².